The van der Waals surface area contributed by atoms with Crippen LogP contribution in [-0.2, 0) is 29.4 Å². The van der Waals surface area contributed by atoms with Gasteiger partial charge >= 0.3 is 0 Å². The smallest absolute Gasteiger partial charge is 0.272 e. The molecule has 2 aromatic rings. The van der Waals surface area contributed by atoms with Crippen molar-refractivity contribution < 1.29 is 13.2 Å². The largest absolute Gasteiger partial charge is 0.347 e. The van der Waals surface area contributed by atoms with E-state index in [2.05, 4.69) is 15.5 Å². The topological polar surface area (TPSA) is 118 Å². The molecule has 1 aliphatic carbocycles. The zero-order valence-corrected chi connectivity index (χ0v) is 14.0. The van der Waals surface area contributed by atoms with E-state index in [0.717, 1.165) is 42.5 Å². The molecule has 24 heavy (non-hydrogen) atoms. The Balaban J connectivity index is 1.67. The second-order valence-corrected chi connectivity index (χ2v) is 7.52. The Hall–Kier alpha value is -2.19. The number of carbonyl (C=O) groups excluding carboxylic acids is 1. The standard InChI is InChI=1S/C16H20N4O3S/c17-24(22,23)12-8-6-11(7-9-12)10-18-16(21)15-13-4-2-1-3-5-14(13)19-20-15/h6-9H,1-5,10H2,(H,18,21)(H,19,20)(H2,17,22,23). The van der Waals surface area contributed by atoms with E-state index in [9.17, 15) is 13.2 Å². The van der Waals surface area contributed by atoms with Crippen molar-refractivity contribution in [3.63, 3.8) is 0 Å². The molecule has 1 heterocycles. The number of sulfonamides is 1. The van der Waals surface area contributed by atoms with Gasteiger partial charge in [-0.1, -0.05) is 18.6 Å². The first-order chi connectivity index (χ1) is 11.4. The molecule has 0 bridgehead atoms. The lowest BCUT2D eigenvalue weighted by Crippen LogP contribution is -2.24. The molecule has 0 saturated carbocycles. The maximum atomic E-state index is 12.4. The van der Waals surface area contributed by atoms with Crippen LogP contribution in [-0.4, -0.2) is 24.5 Å². The summed E-state index contributed by atoms with van der Waals surface area (Å²) >= 11 is 0. The highest BCUT2D eigenvalue weighted by molar-refractivity contribution is 7.89. The number of benzene rings is 1. The number of aryl methyl sites for hydroxylation is 1. The van der Waals surface area contributed by atoms with E-state index in [-0.39, 0.29) is 10.8 Å². The number of aromatic nitrogens is 2. The van der Waals surface area contributed by atoms with Gasteiger partial charge in [-0.15, -0.1) is 0 Å². The van der Waals surface area contributed by atoms with E-state index in [0.29, 0.717) is 12.2 Å². The molecular formula is C16H20N4O3S. The number of carbonyl (C=O) groups is 1. The fourth-order valence-electron chi connectivity index (χ4n) is 2.91. The average molecular weight is 348 g/mol. The van der Waals surface area contributed by atoms with Gasteiger partial charge < -0.3 is 5.32 Å². The van der Waals surface area contributed by atoms with Crippen LogP contribution in [0.3, 0.4) is 0 Å². The van der Waals surface area contributed by atoms with Crippen molar-refractivity contribution in [3.8, 4) is 0 Å². The summed E-state index contributed by atoms with van der Waals surface area (Å²) in [6, 6.07) is 6.12. The number of nitrogens with one attached hydrogen (secondary N) is 2. The number of nitrogens with two attached hydrogens (primary N) is 1. The molecule has 0 atom stereocenters. The number of primary sulfonamides is 1. The number of nitrogens with zero attached hydrogens (tertiary/aromatic N) is 1. The van der Waals surface area contributed by atoms with Crippen molar-refractivity contribution in [2.75, 3.05) is 0 Å². The van der Waals surface area contributed by atoms with Crippen LogP contribution in [0.15, 0.2) is 29.2 Å². The molecule has 0 unspecified atom stereocenters. The van der Waals surface area contributed by atoms with Crippen molar-refractivity contribution in [2.24, 2.45) is 5.14 Å². The Morgan fingerprint density at radius 3 is 2.58 bits per heavy atom. The Kier molecular flexibility index (Phi) is 4.68. The van der Waals surface area contributed by atoms with Gasteiger partial charge in [-0.3, -0.25) is 9.89 Å². The zero-order chi connectivity index (χ0) is 17.2. The summed E-state index contributed by atoms with van der Waals surface area (Å²) in [6.07, 6.45) is 5.16. The lowest BCUT2D eigenvalue weighted by atomic mass is 10.1. The maximum Gasteiger partial charge on any atom is 0.272 e. The molecule has 128 valence electrons. The predicted molar refractivity (Wildman–Crippen MR) is 88.8 cm³/mol. The van der Waals surface area contributed by atoms with Crippen LogP contribution in [0.2, 0.25) is 0 Å². The number of aromatic amines is 1. The van der Waals surface area contributed by atoms with Gasteiger partial charge in [-0.2, -0.15) is 5.10 Å². The van der Waals surface area contributed by atoms with Gasteiger partial charge in [0.2, 0.25) is 10.0 Å². The predicted octanol–water partition coefficient (Wildman–Crippen LogP) is 1.26. The number of rotatable bonds is 4. The fourth-order valence-corrected chi connectivity index (χ4v) is 3.42. The second-order valence-electron chi connectivity index (χ2n) is 5.96. The van der Waals surface area contributed by atoms with E-state index >= 15 is 0 Å². The van der Waals surface area contributed by atoms with E-state index < -0.39 is 10.0 Å². The normalized spacial score (nSPS) is 14.7. The summed E-state index contributed by atoms with van der Waals surface area (Å²) in [7, 11) is -3.70. The average Bonchev–Trinajstić information content (AvgIpc) is 2.81. The minimum atomic E-state index is -3.70. The number of fused-ring (bicyclic) bond motifs is 1. The first-order valence-electron chi connectivity index (χ1n) is 7.91. The number of H-pyrrole nitrogens is 1. The Morgan fingerprint density at radius 1 is 1.17 bits per heavy atom. The van der Waals surface area contributed by atoms with Crippen molar-refractivity contribution in [1.29, 1.82) is 0 Å². The van der Waals surface area contributed by atoms with Gasteiger partial charge in [-0.25, -0.2) is 13.6 Å². The molecule has 1 amide bonds. The van der Waals surface area contributed by atoms with Crippen molar-refractivity contribution in [2.45, 2.75) is 43.5 Å². The van der Waals surface area contributed by atoms with Gasteiger partial charge in [0.1, 0.15) is 0 Å². The summed E-state index contributed by atoms with van der Waals surface area (Å²) in [5.41, 5.74) is 3.34. The van der Waals surface area contributed by atoms with E-state index in [1.165, 1.54) is 18.6 Å². The molecule has 4 N–H and O–H groups in total. The summed E-state index contributed by atoms with van der Waals surface area (Å²) < 4.78 is 22.5. The molecule has 0 radical (unpaired) electrons. The van der Waals surface area contributed by atoms with E-state index in [1.807, 2.05) is 0 Å². The summed E-state index contributed by atoms with van der Waals surface area (Å²) in [4.78, 5) is 12.4. The minimum Gasteiger partial charge on any atom is -0.347 e. The molecule has 0 aliphatic heterocycles. The highest BCUT2D eigenvalue weighted by atomic mass is 32.2. The minimum absolute atomic E-state index is 0.0511. The molecule has 7 nitrogen and oxygen atoms in total. The molecular weight excluding hydrogens is 328 g/mol. The first kappa shape index (κ1) is 16.7. The van der Waals surface area contributed by atoms with Gasteiger partial charge in [0.15, 0.2) is 5.69 Å². The maximum absolute atomic E-state index is 12.4. The third-order valence-electron chi connectivity index (χ3n) is 4.23. The van der Waals surface area contributed by atoms with Crippen LogP contribution in [0.4, 0.5) is 0 Å². The molecule has 1 aromatic carbocycles. The highest BCUT2D eigenvalue weighted by Crippen LogP contribution is 2.21. The molecule has 8 heteroatoms. The lowest BCUT2D eigenvalue weighted by Gasteiger charge is -2.06. The first-order valence-corrected chi connectivity index (χ1v) is 9.46. The SMILES string of the molecule is NS(=O)(=O)c1ccc(CNC(=O)c2n[nH]c3c2CCCCC3)cc1. The lowest BCUT2D eigenvalue weighted by molar-refractivity contribution is 0.0945. The zero-order valence-electron chi connectivity index (χ0n) is 13.2. The Bertz CT molecular complexity index is 841. The summed E-state index contributed by atoms with van der Waals surface area (Å²) in [5, 5.41) is 15.0. The van der Waals surface area contributed by atoms with Crippen LogP contribution in [0, 0.1) is 0 Å². The molecule has 0 fully saturated rings. The Labute approximate surface area is 140 Å². The quantitative estimate of drug-likeness (QED) is 0.721. The number of amides is 1. The van der Waals surface area contributed by atoms with Crippen LogP contribution < -0.4 is 10.5 Å². The van der Waals surface area contributed by atoms with E-state index in [1.54, 1.807) is 12.1 Å². The monoisotopic (exact) mass is 348 g/mol. The summed E-state index contributed by atoms with van der Waals surface area (Å²) in [5.74, 6) is -0.218. The third-order valence-corrected chi connectivity index (χ3v) is 5.16. The molecule has 0 spiro atoms. The van der Waals surface area contributed by atoms with Crippen molar-refractivity contribution >= 4 is 15.9 Å². The second kappa shape index (κ2) is 6.74. The van der Waals surface area contributed by atoms with Crippen LogP contribution in [0.5, 0.6) is 0 Å². The number of hydrogen-bond donors (Lipinski definition) is 3. The number of hydrogen-bond acceptors (Lipinski definition) is 4. The molecule has 0 saturated heterocycles. The highest BCUT2D eigenvalue weighted by Gasteiger charge is 2.20. The summed E-state index contributed by atoms with van der Waals surface area (Å²) in [6.45, 7) is 0.297. The van der Waals surface area contributed by atoms with Crippen LogP contribution in [0.25, 0.3) is 0 Å². The third kappa shape index (κ3) is 3.65. The van der Waals surface area contributed by atoms with Gasteiger partial charge in [0.25, 0.3) is 5.91 Å². The van der Waals surface area contributed by atoms with Crippen molar-refractivity contribution in [1.82, 2.24) is 15.5 Å². The Morgan fingerprint density at radius 2 is 1.88 bits per heavy atom. The van der Waals surface area contributed by atoms with Crippen LogP contribution >= 0.6 is 0 Å². The molecule has 1 aromatic heterocycles. The van der Waals surface area contributed by atoms with Gasteiger partial charge in [-0.05, 0) is 43.4 Å². The fraction of sp³-hybridized carbons (Fsp3) is 0.375. The van der Waals surface area contributed by atoms with Gasteiger partial charge in [0, 0.05) is 17.8 Å². The van der Waals surface area contributed by atoms with E-state index in [4.69, 9.17) is 5.14 Å². The van der Waals surface area contributed by atoms with Gasteiger partial charge in [0.05, 0.1) is 4.90 Å². The molecule has 3 rings (SSSR count). The van der Waals surface area contributed by atoms with Crippen LogP contribution in [0.1, 0.15) is 46.6 Å². The molecule has 1 aliphatic rings. The van der Waals surface area contributed by atoms with Crippen molar-refractivity contribution in [3.05, 3.63) is 46.8 Å².